The van der Waals surface area contributed by atoms with E-state index in [1.54, 1.807) is 0 Å². The van der Waals surface area contributed by atoms with Gasteiger partial charge in [-0.1, -0.05) is 353 Å². The van der Waals surface area contributed by atoms with Crippen LogP contribution in [0.5, 0.6) is 0 Å². The highest BCUT2D eigenvalue weighted by molar-refractivity contribution is 5.76. The highest BCUT2D eigenvalue weighted by Gasteiger charge is 2.20. The van der Waals surface area contributed by atoms with Gasteiger partial charge in [-0.3, -0.25) is 9.59 Å². The van der Waals surface area contributed by atoms with Gasteiger partial charge in [0, 0.05) is 12.8 Å². The van der Waals surface area contributed by atoms with Crippen LogP contribution in [0.15, 0.2) is 24.3 Å². The second-order valence-electron chi connectivity index (χ2n) is 24.6. The van der Waals surface area contributed by atoms with Gasteiger partial charge in [0.25, 0.3) is 0 Å². The van der Waals surface area contributed by atoms with Crippen LogP contribution in [-0.2, 0) is 14.3 Å². The van der Waals surface area contributed by atoms with Gasteiger partial charge in [-0.15, -0.1) is 0 Å². The molecule has 0 radical (unpaired) electrons. The summed E-state index contributed by atoms with van der Waals surface area (Å²) in [6.07, 6.45) is 85.2. The van der Waals surface area contributed by atoms with E-state index < -0.39 is 12.1 Å². The predicted octanol–water partition coefficient (Wildman–Crippen LogP) is 22.9. The smallest absolute Gasteiger partial charge is 0.305 e. The Hall–Kier alpha value is -1.66. The number of aliphatic hydroxyl groups is 2. The molecule has 0 aliphatic rings. The maximum Gasteiger partial charge on any atom is 0.305 e. The molecule has 0 saturated carbocycles. The average molecular weight is 1100 g/mol. The summed E-state index contributed by atoms with van der Waals surface area (Å²) in [6.45, 7) is 4.95. The number of allylic oxidation sites excluding steroid dienone is 4. The number of hydrogen-bond donors (Lipinski definition) is 3. The van der Waals surface area contributed by atoms with Crippen LogP contribution in [0.2, 0.25) is 0 Å². The lowest BCUT2D eigenvalue weighted by molar-refractivity contribution is -0.143. The van der Waals surface area contributed by atoms with Gasteiger partial charge in [-0.25, -0.2) is 0 Å². The Balaban J connectivity index is 3.30. The van der Waals surface area contributed by atoms with Gasteiger partial charge in [0.1, 0.15) is 0 Å². The van der Waals surface area contributed by atoms with Gasteiger partial charge in [-0.05, 0) is 57.8 Å². The molecule has 0 aromatic rings. The molecule has 0 saturated heterocycles. The van der Waals surface area contributed by atoms with Gasteiger partial charge in [-0.2, -0.15) is 0 Å². The maximum absolute atomic E-state index is 12.5. The van der Waals surface area contributed by atoms with Gasteiger partial charge in [0.05, 0.1) is 25.4 Å². The lowest BCUT2D eigenvalue weighted by Gasteiger charge is -2.22. The molecule has 3 N–H and O–H groups in total. The van der Waals surface area contributed by atoms with E-state index in [0.717, 1.165) is 51.4 Å². The van der Waals surface area contributed by atoms with Crippen LogP contribution < -0.4 is 5.32 Å². The molecule has 0 fully saturated rings. The Kier molecular flexibility index (Phi) is 66.4. The number of unbranched alkanes of at least 4 members (excludes halogenated alkanes) is 52. The van der Waals surface area contributed by atoms with E-state index in [1.165, 1.54) is 315 Å². The monoisotopic (exact) mass is 1100 g/mol. The number of nitrogens with one attached hydrogen (secondary N) is 1. The molecule has 78 heavy (non-hydrogen) atoms. The minimum absolute atomic E-state index is 0.0170. The van der Waals surface area contributed by atoms with Crippen LogP contribution in [0.25, 0.3) is 0 Å². The van der Waals surface area contributed by atoms with Crippen molar-refractivity contribution in [3.63, 3.8) is 0 Å². The maximum atomic E-state index is 12.5. The number of aliphatic hydroxyl groups excluding tert-OH is 2. The SMILES string of the molecule is CCCCC/C=C\C/C=C\CCCCCCCCCCCC(=O)OCCCCCCCCCCCCCCCCCCCCCCCCCCCCCCCCC(=O)NC(CO)C(O)CCCCCCCCCCCCCC. The van der Waals surface area contributed by atoms with Crippen molar-refractivity contribution in [2.24, 2.45) is 0 Å². The summed E-state index contributed by atoms with van der Waals surface area (Å²) < 4.78 is 5.51. The van der Waals surface area contributed by atoms with E-state index in [2.05, 4.69) is 43.5 Å². The van der Waals surface area contributed by atoms with E-state index in [9.17, 15) is 19.8 Å². The third kappa shape index (κ3) is 63.5. The third-order valence-electron chi connectivity index (χ3n) is 16.8. The van der Waals surface area contributed by atoms with Gasteiger partial charge >= 0.3 is 5.97 Å². The summed E-state index contributed by atoms with van der Waals surface area (Å²) in [5.74, 6) is -0.0125. The highest BCUT2D eigenvalue weighted by atomic mass is 16.5. The molecule has 2 unspecified atom stereocenters. The molecule has 0 heterocycles. The van der Waals surface area contributed by atoms with Crippen LogP contribution in [0.4, 0.5) is 0 Å². The highest BCUT2D eigenvalue weighted by Crippen LogP contribution is 2.19. The Labute approximate surface area is 488 Å². The van der Waals surface area contributed by atoms with Crippen LogP contribution in [-0.4, -0.2) is 47.4 Å². The molecule has 2 atom stereocenters. The van der Waals surface area contributed by atoms with Crippen molar-refractivity contribution in [3.8, 4) is 0 Å². The van der Waals surface area contributed by atoms with Crippen LogP contribution >= 0.6 is 0 Å². The van der Waals surface area contributed by atoms with Crippen molar-refractivity contribution >= 4 is 11.9 Å². The zero-order valence-corrected chi connectivity index (χ0v) is 52.9. The molecule has 462 valence electrons. The van der Waals surface area contributed by atoms with E-state index in [-0.39, 0.29) is 18.5 Å². The zero-order valence-electron chi connectivity index (χ0n) is 52.9. The quantitative estimate of drug-likeness (QED) is 0.0320. The van der Waals surface area contributed by atoms with E-state index >= 15 is 0 Å². The normalized spacial score (nSPS) is 12.6. The molecule has 6 nitrogen and oxygen atoms in total. The number of esters is 1. The summed E-state index contributed by atoms with van der Waals surface area (Å²) in [5.41, 5.74) is 0. The fourth-order valence-corrected chi connectivity index (χ4v) is 11.3. The molecule has 0 aromatic carbocycles. The lowest BCUT2D eigenvalue weighted by atomic mass is 10.0. The number of ether oxygens (including phenoxy) is 1. The van der Waals surface area contributed by atoms with Crippen molar-refractivity contribution in [1.29, 1.82) is 0 Å². The van der Waals surface area contributed by atoms with E-state index in [4.69, 9.17) is 4.74 Å². The second kappa shape index (κ2) is 67.8. The molecule has 0 aromatic heterocycles. The first kappa shape index (κ1) is 76.3. The van der Waals surface area contributed by atoms with Crippen molar-refractivity contribution in [1.82, 2.24) is 5.32 Å². The number of hydrogen-bond acceptors (Lipinski definition) is 5. The number of carbonyl (C=O) groups excluding carboxylic acids is 2. The predicted molar refractivity (Wildman–Crippen MR) is 343 cm³/mol. The molecular weight excluding hydrogens is 959 g/mol. The van der Waals surface area contributed by atoms with Crippen LogP contribution in [0.3, 0.4) is 0 Å². The Morgan fingerprint density at radius 2 is 0.641 bits per heavy atom. The van der Waals surface area contributed by atoms with Gasteiger partial charge in [0.2, 0.25) is 5.91 Å². The molecule has 0 rings (SSSR count). The van der Waals surface area contributed by atoms with Crippen molar-refractivity contribution in [2.75, 3.05) is 13.2 Å². The number of rotatable bonds is 67. The van der Waals surface area contributed by atoms with Crippen LogP contribution in [0.1, 0.15) is 399 Å². The molecular formula is C72H139NO5. The molecule has 6 heteroatoms. The minimum Gasteiger partial charge on any atom is -0.466 e. The fourth-order valence-electron chi connectivity index (χ4n) is 11.3. The zero-order chi connectivity index (χ0) is 56.4. The Morgan fingerprint density at radius 3 is 1.00 bits per heavy atom. The van der Waals surface area contributed by atoms with E-state index in [1.807, 2.05) is 0 Å². The first-order chi connectivity index (χ1) is 38.5. The molecule has 1 amide bonds. The van der Waals surface area contributed by atoms with Gasteiger partial charge < -0.3 is 20.3 Å². The van der Waals surface area contributed by atoms with Gasteiger partial charge in [0.15, 0.2) is 0 Å². The summed E-state index contributed by atoms with van der Waals surface area (Å²) in [6, 6.07) is -0.537. The standard InChI is InChI=1S/C72H139NO5/c1-3-5-7-9-11-13-15-17-18-19-32-36-39-42-46-50-54-58-62-66-72(77)78-67-63-59-55-51-47-43-40-37-34-31-29-27-25-23-21-20-22-24-26-28-30-33-35-38-41-45-49-53-57-61-65-71(76)73-69(68-74)70(75)64-60-56-52-48-44-16-14-12-10-8-6-4-2/h11,13,17-18,69-70,74-75H,3-10,12,14-16,19-68H2,1-2H3,(H,73,76)/b13-11-,18-17-. The molecule has 0 spiro atoms. The average Bonchev–Trinajstić information content (AvgIpc) is 3.44. The summed E-state index contributed by atoms with van der Waals surface area (Å²) in [5, 5.41) is 23.3. The summed E-state index contributed by atoms with van der Waals surface area (Å²) >= 11 is 0. The minimum atomic E-state index is -0.660. The molecule has 0 aliphatic heterocycles. The molecule has 0 aliphatic carbocycles. The van der Waals surface area contributed by atoms with Crippen molar-refractivity contribution in [2.45, 2.75) is 411 Å². The fraction of sp³-hybridized carbons (Fsp3) is 0.917. The number of carbonyl (C=O) groups is 2. The first-order valence-corrected chi connectivity index (χ1v) is 35.6. The molecule has 0 bridgehead atoms. The Bertz CT molecular complexity index is 1220. The first-order valence-electron chi connectivity index (χ1n) is 35.6. The second-order valence-corrected chi connectivity index (χ2v) is 24.6. The van der Waals surface area contributed by atoms with E-state index in [0.29, 0.717) is 25.9 Å². The number of amides is 1. The van der Waals surface area contributed by atoms with Crippen molar-refractivity contribution in [3.05, 3.63) is 24.3 Å². The Morgan fingerprint density at radius 1 is 0.359 bits per heavy atom. The largest absolute Gasteiger partial charge is 0.466 e. The lowest BCUT2D eigenvalue weighted by Crippen LogP contribution is -2.45. The topological polar surface area (TPSA) is 95.9 Å². The summed E-state index contributed by atoms with van der Waals surface area (Å²) in [4.78, 5) is 24.6. The van der Waals surface area contributed by atoms with Crippen LogP contribution in [0, 0.1) is 0 Å². The third-order valence-corrected chi connectivity index (χ3v) is 16.8. The summed E-state index contributed by atoms with van der Waals surface area (Å²) in [7, 11) is 0. The van der Waals surface area contributed by atoms with Crippen molar-refractivity contribution < 1.29 is 24.5 Å².